The number of benzene rings is 1. The van der Waals surface area contributed by atoms with E-state index in [-0.39, 0.29) is 5.69 Å². The number of hydrogen-bond donors (Lipinski definition) is 0. The van der Waals surface area contributed by atoms with Gasteiger partial charge in [0, 0.05) is 17.5 Å². The first-order chi connectivity index (χ1) is 7.79. The Morgan fingerprint density at radius 3 is 2.47 bits per heavy atom. The quantitative estimate of drug-likeness (QED) is 0.483. The van der Waals surface area contributed by atoms with Crippen molar-refractivity contribution in [1.82, 2.24) is 0 Å². The van der Waals surface area contributed by atoms with Gasteiger partial charge in [0.25, 0.3) is 5.69 Å². The van der Waals surface area contributed by atoms with Crippen LogP contribution in [0.5, 0.6) is 0 Å². The summed E-state index contributed by atoms with van der Waals surface area (Å²) >= 11 is 3.31. The van der Waals surface area contributed by atoms with Crippen LogP contribution in [0, 0.1) is 10.1 Å². The third-order valence-corrected chi connectivity index (χ3v) is 4.82. The fourth-order valence-electron chi connectivity index (χ4n) is 1.57. The van der Waals surface area contributed by atoms with E-state index < -0.39 is 13.0 Å². The number of rotatable bonds is 2. The van der Waals surface area contributed by atoms with E-state index >= 15 is 0 Å². The molecule has 0 aliphatic heterocycles. The summed E-state index contributed by atoms with van der Waals surface area (Å²) in [7, 11) is -1.54. The van der Waals surface area contributed by atoms with Crippen LogP contribution in [-0.4, -0.2) is 13.0 Å². The summed E-state index contributed by atoms with van der Waals surface area (Å²) in [5, 5.41) is 12.5. The van der Waals surface area contributed by atoms with Crippen molar-refractivity contribution in [3.05, 3.63) is 32.8 Å². The van der Waals surface area contributed by atoms with Crippen LogP contribution in [0.25, 0.3) is 11.0 Å². The molecule has 1 aromatic heterocycles. The van der Waals surface area contributed by atoms with Crippen molar-refractivity contribution >= 4 is 46.0 Å². The smallest absolute Gasteiger partial charge is 0.271 e. The molecule has 1 heterocycles. The van der Waals surface area contributed by atoms with Crippen molar-refractivity contribution in [3.63, 3.8) is 0 Å². The standard InChI is InChI=1S/C11H12BrNO3Si/c1-17(2,3)10-5-7-4-8(13(14)15)6-9(12)11(7)16-10/h4-6H,1-3H3. The molecule has 0 aliphatic rings. The maximum atomic E-state index is 10.8. The SMILES string of the molecule is C[Si](C)(C)c1cc2cc([N+](=O)[O-])cc(Br)c2o1. The summed E-state index contributed by atoms with van der Waals surface area (Å²) in [6.07, 6.45) is 0. The molecule has 0 fully saturated rings. The second kappa shape index (κ2) is 3.96. The van der Waals surface area contributed by atoms with Crippen LogP contribution >= 0.6 is 15.9 Å². The third kappa shape index (κ3) is 2.27. The number of furan rings is 1. The number of nitro benzene ring substituents is 1. The molecule has 2 aromatic rings. The minimum absolute atomic E-state index is 0.0762. The Bertz CT molecular complexity index is 601. The number of fused-ring (bicyclic) bond motifs is 1. The summed E-state index contributed by atoms with van der Waals surface area (Å²) in [6, 6.07) is 4.94. The summed E-state index contributed by atoms with van der Waals surface area (Å²) in [5.41, 5.74) is 0.764. The predicted octanol–water partition coefficient (Wildman–Crippen LogP) is 3.65. The van der Waals surface area contributed by atoms with Gasteiger partial charge in [0.2, 0.25) is 0 Å². The lowest BCUT2D eigenvalue weighted by atomic mass is 10.2. The largest absolute Gasteiger partial charge is 0.465 e. The lowest BCUT2D eigenvalue weighted by Gasteiger charge is -2.10. The van der Waals surface area contributed by atoms with Gasteiger partial charge in [-0.25, -0.2) is 0 Å². The lowest BCUT2D eigenvalue weighted by Crippen LogP contribution is -2.36. The van der Waals surface area contributed by atoms with E-state index in [0.717, 1.165) is 10.8 Å². The Hall–Kier alpha value is -1.14. The van der Waals surface area contributed by atoms with Crippen LogP contribution in [-0.2, 0) is 0 Å². The number of hydrogen-bond acceptors (Lipinski definition) is 3. The van der Waals surface area contributed by atoms with Crippen molar-refractivity contribution in [1.29, 1.82) is 0 Å². The second-order valence-electron chi connectivity index (χ2n) is 4.96. The minimum atomic E-state index is -1.54. The molecule has 90 valence electrons. The molecule has 0 N–H and O–H groups in total. The Morgan fingerprint density at radius 2 is 1.94 bits per heavy atom. The molecular weight excluding hydrogens is 302 g/mol. The number of non-ortho nitro benzene ring substituents is 1. The summed E-state index contributed by atoms with van der Waals surface area (Å²) < 4.78 is 6.42. The molecule has 17 heavy (non-hydrogen) atoms. The van der Waals surface area contributed by atoms with Crippen molar-refractivity contribution in [3.8, 4) is 0 Å². The maximum Gasteiger partial charge on any atom is 0.271 e. The van der Waals surface area contributed by atoms with E-state index in [4.69, 9.17) is 4.42 Å². The van der Waals surface area contributed by atoms with Crippen molar-refractivity contribution < 1.29 is 9.34 Å². The fourth-order valence-corrected chi connectivity index (χ4v) is 3.11. The zero-order valence-corrected chi connectivity index (χ0v) is 12.4. The maximum absolute atomic E-state index is 10.8. The summed E-state index contributed by atoms with van der Waals surface area (Å²) in [5.74, 6) is 0. The first kappa shape index (κ1) is 12.3. The third-order valence-electron chi connectivity index (χ3n) is 2.51. The van der Waals surface area contributed by atoms with E-state index in [2.05, 4.69) is 35.6 Å². The lowest BCUT2D eigenvalue weighted by molar-refractivity contribution is -0.384. The second-order valence-corrected chi connectivity index (χ2v) is 10.8. The zero-order chi connectivity index (χ0) is 12.8. The average Bonchev–Trinajstić information content (AvgIpc) is 2.60. The highest BCUT2D eigenvalue weighted by atomic mass is 79.9. The first-order valence-corrected chi connectivity index (χ1v) is 9.46. The van der Waals surface area contributed by atoms with Crippen molar-refractivity contribution in [2.24, 2.45) is 0 Å². The van der Waals surface area contributed by atoms with E-state index in [9.17, 15) is 10.1 Å². The fraction of sp³-hybridized carbons (Fsp3) is 0.273. The number of nitrogens with zero attached hydrogens (tertiary/aromatic N) is 1. The monoisotopic (exact) mass is 313 g/mol. The highest BCUT2D eigenvalue weighted by molar-refractivity contribution is 9.10. The molecule has 0 aliphatic carbocycles. The van der Waals surface area contributed by atoms with E-state index in [0.29, 0.717) is 10.1 Å². The number of halogens is 1. The van der Waals surface area contributed by atoms with Crippen LogP contribution < -0.4 is 5.38 Å². The van der Waals surface area contributed by atoms with Crippen LogP contribution in [0.2, 0.25) is 19.6 Å². The Morgan fingerprint density at radius 1 is 1.29 bits per heavy atom. The van der Waals surface area contributed by atoms with Crippen molar-refractivity contribution in [2.75, 3.05) is 0 Å². The van der Waals surface area contributed by atoms with Crippen molar-refractivity contribution in [2.45, 2.75) is 19.6 Å². The van der Waals surface area contributed by atoms with Crippen LogP contribution in [0.1, 0.15) is 0 Å². The molecule has 6 heteroatoms. The molecule has 2 rings (SSSR count). The first-order valence-electron chi connectivity index (χ1n) is 5.17. The highest BCUT2D eigenvalue weighted by Crippen LogP contribution is 2.30. The van der Waals surface area contributed by atoms with E-state index in [1.165, 1.54) is 6.07 Å². The van der Waals surface area contributed by atoms with Crippen LogP contribution in [0.3, 0.4) is 0 Å². The Labute approximate surface area is 108 Å². The van der Waals surface area contributed by atoms with Gasteiger partial charge in [0.1, 0.15) is 13.7 Å². The van der Waals surface area contributed by atoms with Gasteiger partial charge in [-0.3, -0.25) is 10.1 Å². The molecule has 0 saturated carbocycles. The molecule has 0 bridgehead atoms. The van der Waals surface area contributed by atoms with Crippen LogP contribution in [0.15, 0.2) is 27.1 Å². The molecule has 0 atom stereocenters. The molecule has 4 nitrogen and oxygen atoms in total. The van der Waals surface area contributed by atoms with Gasteiger partial charge < -0.3 is 4.42 Å². The Kier molecular flexibility index (Phi) is 2.87. The zero-order valence-electron chi connectivity index (χ0n) is 9.78. The van der Waals surface area contributed by atoms with Gasteiger partial charge in [0.15, 0.2) is 0 Å². The molecular formula is C11H12BrNO3Si. The van der Waals surface area contributed by atoms with E-state index in [1.54, 1.807) is 6.07 Å². The predicted molar refractivity (Wildman–Crippen MR) is 73.5 cm³/mol. The number of nitro groups is 1. The topological polar surface area (TPSA) is 56.3 Å². The molecule has 0 unspecified atom stereocenters. The minimum Gasteiger partial charge on any atom is -0.465 e. The Balaban J connectivity index is 2.69. The van der Waals surface area contributed by atoms with Gasteiger partial charge in [-0.15, -0.1) is 0 Å². The molecule has 0 spiro atoms. The van der Waals surface area contributed by atoms with Gasteiger partial charge >= 0.3 is 0 Å². The highest BCUT2D eigenvalue weighted by Gasteiger charge is 2.23. The summed E-state index contributed by atoms with van der Waals surface area (Å²) in [4.78, 5) is 10.4. The van der Waals surface area contributed by atoms with Gasteiger partial charge in [-0.2, -0.15) is 0 Å². The molecule has 0 radical (unpaired) electrons. The van der Waals surface area contributed by atoms with E-state index in [1.807, 2.05) is 6.07 Å². The van der Waals surface area contributed by atoms with Crippen LogP contribution in [0.4, 0.5) is 5.69 Å². The van der Waals surface area contributed by atoms with Gasteiger partial charge in [0.05, 0.1) is 14.8 Å². The average molecular weight is 314 g/mol. The molecule has 0 saturated heterocycles. The molecule has 0 amide bonds. The van der Waals surface area contributed by atoms with Gasteiger partial charge in [-0.1, -0.05) is 19.6 Å². The van der Waals surface area contributed by atoms with Gasteiger partial charge in [-0.05, 0) is 22.0 Å². The normalized spacial score (nSPS) is 12.0. The summed E-state index contributed by atoms with van der Waals surface area (Å²) in [6.45, 7) is 6.52. The molecule has 1 aromatic carbocycles.